The predicted octanol–water partition coefficient (Wildman–Crippen LogP) is 4.59. The van der Waals surface area contributed by atoms with Crippen LogP contribution >= 0.6 is 0 Å². The number of hydrogen-bond acceptors (Lipinski definition) is 4. The van der Waals surface area contributed by atoms with Crippen LogP contribution < -0.4 is 0 Å². The van der Waals surface area contributed by atoms with Crippen LogP contribution in [0.2, 0.25) is 0 Å². The minimum atomic E-state index is -0.330. The third kappa shape index (κ3) is 20.7. The molecule has 0 aliphatic rings. The molecule has 4 nitrogen and oxygen atoms in total. The molecule has 0 bridgehead atoms. The molecule has 0 fully saturated rings. The van der Waals surface area contributed by atoms with E-state index >= 15 is 0 Å². The average molecular weight is 312 g/mol. The van der Waals surface area contributed by atoms with Gasteiger partial charge in [0.05, 0.1) is 13.2 Å². The van der Waals surface area contributed by atoms with Crippen LogP contribution in [0.4, 0.5) is 0 Å². The number of carbonyl (C=O) groups excluding carboxylic acids is 2. The minimum Gasteiger partial charge on any atom is -0.463 e. The standard InChI is InChI=1S/C11H20O2.C7H12O2/c1-3-5-6-7-8-9-10-13-11(12)4-2;1-3-5-6-9-7(8)4-2/h4H,2-3,5-10H2,1H3;4H,2-3,5-6H2,1H3. The second-order valence-corrected chi connectivity index (χ2v) is 4.86. The molecule has 0 radical (unpaired) electrons. The smallest absolute Gasteiger partial charge is 0.330 e. The maximum absolute atomic E-state index is 10.6. The number of hydrogen-bond donors (Lipinski definition) is 0. The number of carbonyl (C=O) groups is 2. The molecule has 128 valence electrons. The molecule has 0 atom stereocenters. The van der Waals surface area contributed by atoms with E-state index in [0.717, 1.165) is 25.7 Å². The molecule has 4 heteroatoms. The maximum atomic E-state index is 10.6. The summed E-state index contributed by atoms with van der Waals surface area (Å²) in [5.41, 5.74) is 0. The van der Waals surface area contributed by atoms with Gasteiger partial charge in [-0.25, -0.2) is 9.59 Å². The summed E-state index contributed by atoms with van der Waals surface area (Å²) in [5, 5.41) is 0. The Morgan fingerprint density at radius 3 is 1.59 bits per heavy atom. The van der Waals surface area contributed by atoms with Crippen LogP contribution in [0, 0.1) is 0 Å². The second kappa shape index (κ2) is 19.4. The fraction of sp³-hybridized carbons (Fsp3) is 0.667. The normalized spacial score (nSPS) is 9.18. The number of rotatable bonds is 12. The lowest BCUT2D eigenvalue weighted by atomic mass is 10.1. The third-order valence-electron chi connectivity index (χ3n) is 2.82. The van der Waals surface area contributed by atoms with Crippen molar-refractivity contribution in [3.63, 3.8) is 0 Å². The Morgan fingerprint density at radius 2 is 1.14 bits per heavy atom. The highest BCUT2D eigenvalue weighted by atomic mass is 16.5. The largest absolute Gasteiger partial charge is 0.463 e. The highest BCUT2D eigenvalue weighted by Gasteiger charge is 1.94. The zero-order valence-corrected chi connectivity index (χ0v) is 14.3. The summed E-state index contributed by atoms with van der Waals surface area (Å²) in [6.07, 6.45) is 11.6. The second-order valence-electron chi connectivity index (χ2n) is 4.86. The highest BCUT2D eigenvalue weighted by Crippen LogP contribution is 2.04. The number of ether oxygens (including phenoxy) is 2. The number of unbranched alkanes of at least 4 members (excludes halogenated alkanes) is 6. The van der Waals surface area contributed by atoms with E-state index in [1.54, 1.807) is 0 Å². The van der Waals surface area contributed by atoms with Crippen LogP contribution in [-0.4, -0.2) is 25.2 Å². The van der Waals surface area contributed by atoms with Crippen LogP contribution in [0.15, 0.2) is 25.3 Å². The Bertz CT molecular complexity index is 297. The van der Waals surface area contributed by atoms with Crippen LogP contribution in [-0.2, 0) is 19.1 Å². The van der Waals surface area contributed by atoms with Crippen molar-refractivity contribution in [2.24, 2.45) is 0 Å². The van der Waals surface area contributed by atoms with Gasteiger partial charge in [0.15, 0.2) is 0 Å². The summed E-state index contributed by atoms with van der Waals surface area (Å²) in [5.74, 6) is -0.642. The summed E-state index contributed by atoms with van der Waals surface area (Å²) in [6, 6.07) is 0. The Kier molecular flexibility index (Phi) is 20.0. The molecule has 0 amide bonds. The number of esters is 2. The zero-order chi connectivity index (χ0) is 17.1. The first-order chi connectivity index (χ1) is 10.6. The van der Waals surface area contributed by atoms with Gasteiger partial charge in [0, 0.05) is 12.2 Å². The van der Waals surface area contributed by atoms with Crippen LogP contribution in [0.3, 0.4) is 0 Å². The topological polar surface area (TPSA) is 52.6 Å². The molecule has 0 saturated carbocycles. The van der Waals surface area contributed by atoms with E-state index in [1.807, 2.05) is 6.92 Å². The van der Waals surface area contributed by atoms with Crippen LogP contribution in [0.1, 0.15) is 65.2 Å². The quantitative estimate of drug-likeness (QED) is 0.300. The lowest BCUT2D eigenvalue weighted by Crippen LogP contribution is -2.01. The minimum absolute atomic E-state index is 0.312. The Balaban J connectivity index is 0. The summed E-state index contributed by atoms with van der Waals surface area (Å²) in [7, 11) is 0. The van der Waals surface area contributed by atoms with Gasteiger partial charge in [-0.1, -0.05) is 65.5 Å². The molecule has 0 unspecified atom stereocenters. The van der Waals surface area contributed by atoms with Gasteiger partial charge in [-0.05, 0) is 12.8 Å². The molecule has 0 spiro atoms. The van der Waals surface area contributed by atoms with Crippen molar-refractivity contribution in [2.45, 2.75) is 65.2 Å². The molecule has 0 aliphatic heterocycles. The fourth-order valence-electron chi connectivity index (χ4n) is 1.49. The molecule has 0 aromatic carbocycles. The SMILES string of the molecule is C=CC(=O)OCCCC.C=CC(=O)OCCCCCCCC. The van der Waals surface area contributed by atoms with E-state index in [4.69, 9.17) is 4.74 Å². The van der Waals surface area contributed by atoms with Crippen molar-refractivity contribution >= 4 is 11.9 Å². The zero-order valence-electron chi connectivity index (χ0n) is 14.3. The lowest BCUT2D eigenvalue weighted by Gasteiger charge is -2.01. The molecule has 0 aromatic heterocycles. The van der Waals surface area contributed by atoms with Gasteiger partial charge >= 0.3 is 11.9 Å². The van der Waals surface area contributed by atoms with Crippen LogP contribution in [0.25, 0.3) is 0 Å². The van der Waals surface area contributed by atoms with E-state index < -0.39 is 0 Å². The van der Waals surface area contributed by atoms with Gasteiger partial charge in [-0.15, -0.1) is 0 Å². The van der Waals surface area contributed by atoms with E-state index in [2.05, 4.69) is 24.8 Å². The molecule has 0 heterocycles. The van der Waals surface area contributed by atoms with Gasteiger partial charge in [0.1, 0.15) is 0 Å². The monoisotopic (exact) mass is 312 g/mol. The van der Waals surface area contributed by atoms with Gasteiger partial charge in [0.25, 0.3) is 0 Å². The van der Waals surface area contributed by atoms with Crippen molar-refractivity contribution in [2.75, 3.05) is 13.2 Å². The third-order valence-corrected chi connectivity index (χ3v) is 2.82. The fourth-order valence-corrected chi connectivity index (χ4v) is 1.49. The van der Waals surface area contributed by atoms with Gasteiger partial charge in [-0.2, -0.15) is 0 Å². The lowest BCUT2D eigenvalue weighted by molar-refractivity contribution is -0.138. The maximum Gasteiger partial charge on any atom is 0.330 e. The van der Waals surface area contributed by atoms with Gasteiger partial charge in [-0.3, -0.25) is 0 Å². The van der Waals surface area contributed by atoms with Crippen molar-refractivity contribution in [3.05, 3.63) is 25.3 Å². The van der Waals surface area contributed by atoms with Crippen molar-refractivity contribution in [1.82, 2.24) is 0 Å². The van der Waals surface area contributed by atoms with E-state index in [0.29, 0.717) is 13.2 Å². The first kappa shape index (κ1) is 22.7. The van der Waals surface area contributed by atoms with E-state index in [1.165, 1.54) is 37.8 Å². The Hall–Kier alpha value is -1.58. The molecule has 0 N–H and O–H groups in total. The molecule has 0 aromatic rings. The molecule has 0 rings (SSSR count). The summed E-state index contributed by atoms with van der Waals surface area (Å²) < 4.78 is 9.52. The first-order valence-corrected chi connectivity index (χ1v) is 8.20. The van der Waals surface area contributed by atoms with Crippen molar-refractivity contribution in [3.8, 4) is 0 Å². The Morgan fingerprint density at radius 1 is 0.727 bits per heavy atom. The van der Waals surface area contributed by atoms with Crippen LogP contribution in [0.5, 0.6) is 0 Å². The Labute approximate surface area is 135 Å². The highest BCUT2D eigenvalue weighted by molar-refractivity contribution is 5.81. The molecule has 22 heavy (non-hydrogen) atoms. The van der Waals surface area contributed by atoms with E-state index in [-0.39, 0.29) is 11.9 Å². The van der Waals surface area contributed by atoms with Gasteiger partial charge in [0.2, 0.25) is 0 Å². The molecule has 0 saturated heterocycles. The van der Waals surface area contributed by atoms with Gasteiger partial charge < -0.3 is 9.47 Å². The molecular formula is C18H32O4. The van der Waals surface area contributed by atoms with Crippen molar-refractivity contribution in [1.29, 1.82) is 0 Å². The predicted molar refractivity (Wildman–Crippen MR) is 90.6 cm³/mol. The molecule has 0 aliphatic carbocycles. The first-order valence-electron chi connectivity index (χ1n) is 8.20. The summed E-state index contributed by atoms with van der Waals surface area (Å²) in [6.45, 7) is 11.9. The summed E-state index contributed by atoms with van der Waals surface area (Å²) in [4.78, 5) is 21.0. The van der Waals surface area contributed by atoms with E-state index in [9.17, 15) is 9.59 Å². The molecular weight excluding hydrogens is 280 g/mol. The van der Waals surface area contributed by atoms with Crippen molar-refractivity contribution < 1.29 is 19.1 Å². The average Bonchev–Trinajstić information content (AvgIpc) is 2.54. The summed E-state index contributed by atoms with van der Waals surface area (Å²) >= 11 is 0.